The van der Waals surface area contributed by atoms with Crippen LogP contribution in [0.1, 0.15) is 16.7 Å². The van der Waals surface area contributed by atoms with E-state index in [9.17, 15) is 9.59 Å². The van der Waals surface area contributed by atoms with Gasteiger partial charge in [0.05, 0.1) is 10.6 Å². The zero-order valence-corrected chi connectivity index (χ0v) is 16.6. The normalized spacial score (nSPS) is 16.6. The summed E-state index contributed by atoms with van der Waals surface area (Å²) in [5.41, 5.74) is 3.67. The molecule has 4 rings (SSSR count). The van der Waals surface area contributed by atoms with E-state index in [-0.39, 0.29) is 18.4 Å². The van der Waals surface area contributed by atoms with Gasteiger partial charge in [0.2, 0.25) is 0 Å². The first-order chi connectivity index (χ1) is 13.5. The Morgan fingerprint density at radius 3 is 2.50 bits per heavy atom. The minimum Gasteiger partial charge on any atom is -0.362 e. The number of fused-ring (bicyclic) bond motifs is 1. The summed E-state index contributed by atoms with van der Waals surface area (Å²) in [5, 5.41) is 0.821. The fraction of sp³-hybridized carbons (Fsp3) is 0.182. The van der Waals surface area contributed by atoms with Gasteiger partial charge in [0.25, 0.3) is 11.8 Å². The van der Waals surface area contributed by atoms with Gasteiger partial charge < -0.3 is 4.90 Å². The van der Waals surface area contributed by atoms with Crippen molar-refractivity contribution in [3.8, 4) is 0 Å². The molecule has 0 radical (unpaired) electrons. The van der Waals surface area contributed by atoms with E-state index >= 15 is 0 Å². The van der Waals surface area contributed by atoms with Crippen LogP contribution in [0.4, 0.5) is 0 Å². The van der Waals surface area contributed by atoms with Crippen LogP contribution in [0.3, 0.4) is 0 Å². The molecule has 0 N–H and O–H groups in total. The van der Waals surface area contributed by atoms with E-state index in [1.54, 1.807) is 24.3 Å². The number of benzene rings is 2. The van der Waals surface area contributed by atoms with Crippen molar-refractivity contribution in [3.63, 3.8) is 0 Å². The first-order valence-electron chi connectivity index (χ1n) is 8.99. The van der Waals surface area contributed by atoms with Crippen molar-refractivity contribution < 1.29 is 9.59 Å². The Labute approximate surface area is 173 Å². The molecule has 2 aliphatic heterocycles. The van der Waals surface area contributed by atoms with Gasteiger partial charge in [0, 0.05) is 30.2 Å². The Kier molecular flexibility index (Phi) is 5.00. The van der Waals surface area contributed by atoms with Crippen LogP contribution in [-0.2, 0) is 22.6 Å². The number of halogens is 2. The van der Waals surface area contributed by atoms with Crippen LogP contribution in [0, 0.1) is 0 Å². The van der Waals surface area contributed by atoms with Gasteiger partial charge in [-0.25, -0.2) is 0 Å². The molecule has 6 heteroatoms. The summed E-state index contributed by atoms with van der Waals surface area (Å²) < 4.78 is 0. The Balaban J connectivity index is 1.84. The average Bonchev–Trinajstić information content (AvgIpc) is 2.93. The predicted molar refractivity (Wildman–Crippen MR) is 111 cm³/mol. The second kappa shape index (κ2) is 7.46. The highest BCUT2D eigenvalue weighted by atomic mass is 35.5. The van der Waals surface area contributed by atoms with E-state index in [4.69, 9.17) is 23.2 Å². The first kappa shape index (κ1) is 18.8. The van der Waals surface area contributed by atoms with Gasteiger partial charge in [-0.15, -0.1) is 6.58 Å². The third kappa shape index (κ3) is 3.13. The summed E-state index contributed by atoms with van der Waals surface area (Å²) in [6.07, 6.45) is 2.36. The zero-order chi connectivity index (χ0) is 19.8. The number of amides is 2. The molecule has 0 fully saturated rings. The van der Waals surface area contributed by atoms with Crippen molar-refractivity contribution >= 4 is 40.6 Å². The van der Waals surface area contributed by atoms with Gasteiger partial charge in [0.1, 0.15) is 5.70 Å². The van der Waals surface area contributed by atoms with Gasteiger partial charge in [-0.2, -0.15) is 0 Å². The lowest BCUT2D eigenvalue weighted by Gasteiger charge is -2.31. The molecule has 2 heterocycles. The molecule has 0 spiro atoms. The second-order valence-corrected chi connectivity index (χ2v) is 7.64. The molecule has 2 aliphatic rings. The molecule has 2 aromatic rings. The molecular formula is C22H18Cl2N2O2. The summed E-state index contributed by atoms with van der Waals surface area (Å²) >= 11 is 12.4. The Hall–Kier alpha value is -2.56. The van der Waals surface area contributed by atoms with Gasteiger partial charge in [-0.1, -0.05) is 59.6 Å². The van der Waals surface area contributed by atoms with Crippen LogP contribution in [0.25, 0.3) is 5.57 Å². The highest BCUT2D eigenvalue weighted by Gasteiger charge is 2.42. The maximum Gasteiger partial charge on any atom is 0.278 e. The first-order valence-corrected chi connectivity index (χ1v) is 9.75. The average molecular weight is 413 g/mol. The zero-order valence-electron chi connectivity index (χ0n) is 15.1. The number of hydrogen-bond donors (Lipinski definition) is 0. The lowest BCUT2D eigenvalue weighted by atomic mass is 9.98. The van der Waals surface area contributed by atoms with Crippen molar-refractivity contribution in [3.05, 3.63) is 87.6 Å². The van der Waals surface area contributed by atoms with Crippen LogP contribution in [-0.4, -0.2) is 34.7 Å². The number of carbonyl (C=O) groups is 2. The van der Waals surface area contributed by atoms with Crippen LogP contribution >= 0.6 is 23.2 Å². The predicted octanol–water partition coefficient (Wildman–Crippen LogP) is 4.32. The van der Waals surface area contributed by atoms with Crippen molar-refractivity contribution in [2.75, 3.05) is 13.1 Å². The van der Waals surface area contributed by atoms with Crippen molar-refractivity contribution in [1.82, 2.24) is 9.80 Å². The second-order valence-electron chi connectivity index (χ2n) is 6.80. The monoisotopic (exact) mass is 412 g/mol. The fourth-order valence-corrected chi connectivity index (χ4v) is 4.28. The number of nitrogens with zero attached hydrogens (tertiary/aromatic N) is 2. The van der Waals surface area contributed by atoms with E-state index < -0.39 is 0 Å². The fourth-order valence-electron chi connectivity index (χ4n) is 3.77. The topological polar surface area (TPSA) is 40.6 Å². The third-order valence-electron chi connectivity index (χ3n) is 5.10. The molecule has 0 unspecified atom stereocenters. The molecule has 142 valence electrons. The Morgan fingerprint density at radius 1 is 1.04 bits per heavy atom. The molecule has 0 atom stereocenters. The quantitative estimate of drug-likeness (QED) is 0.554. The van der Waals surface area contributed by atoms with Crippen molar-refractivity contribution in [1.29, 1.82) is 0 Å². The van der Waals surface area contributed by atoms with Gasteiger partial charge in [-0.3, -0.25) is 14.5 Å². The number of imide groups is 1. The van der Waals surface area contributed by atoms with Crippen LogP contribution in [0.5, 0.6) is 0 Å². The molecule has 4 nitrogen and oxygen atoms in total. The Bertz CT molecular complexity index is 1030. The number of rotatable bonds is 4. The van der Waals surface area contributed by atoms with Crippen LogP contribution in [0.15, 0.2) is 60.8 Å². The van der Waals surface area contributed by atoms with E-state index in [0.29, 0.717) is 40.0 Å². The third-order valence-corrected chi connectivity index (χ3v) is 5.65. The molecule has 0 aliphatic carbocycles. The van der Waals surface area contributed by atoms with E-state index in [2.05, 4.69) is 18.7 Å². The smallest absolute Gasteiger partial charge is 0.278 e. The molecule has 2 amide bonds. The summed E-state index contributed by atoms with van der Waals surface area (Å²) in [6.45, 7) is 5.04. The highest BCUT2D eigenvalue weighted by Crippen LogP contribution is 2.37. The standard InChI is InChI=1S/C22H18Cl2N2O2/c1-2-10-26-21(27)19(17-8-7-16(23)12-18(17)24)20(22(26)28)25-11-9-14-5-3-4-6-15(14)13-25/h2-8,12H,1,9-11,13H2. The van der Waals surface area contributed by atoms with E-state index in [0.717, 1.165) is 12.0 Å². The molecule has 28 heavy (non-hydrogen) atoms. The molecule has 0 saturated heterocycles. The summed E-state index contributed by atoms with van der Waals surface area (Å²) in [7, 11) is 0. The van der Waals surface area contributed by atoms with E-state index in [1.165, 1.54) is 10.5 Å². The van der Waals surface area contributed by atoms with Gasteiger partial charge in [-0.05, 0) is 29.7 Å². The molecule has 0 saturated carbocycles. The van der Waals surface area contributed by atoms with Gasteiger partial charge in [0.15, 0.2) is 0 Å². The van der Waals surface area contributed by atoms with E-state index in [1.807, 2.05) is 17.0 Å². The SMILES string of the molecule is C=CCN1C(=O)C(c2ccc(Cl)cc2Cl)=C(N2CCc3ccccc3C2)C1=O. The largest absolute Gasteiger partial charge is 0.362 e. The van der Waals surface area contributed by atoms with Crippen LogP contribution in [0.2, 0.25) is 10.0 Å². The highest BCUT2D eigenvalue weighted by molar-refractivity contribution is 6.41. The minimum absolute atomic E-state index is 0.153. The molecular weight excluding hydrogens is 395 g/mol. The van der Waals surface area contributed by atoms with Crippen molar-refractivity contribution in [2.24, 2.45) is 0 Å². The molecule has 2 aromatic carbocycles. The number of carbonyl (C=O) groups excluding carboxylic acids is 2. The van der Waals surface area contributed by atoms with Gasteiger partial charge >= 0.3 is 0 Å². The molecule has 0 bridgehead atoms. The minimum atomic E-state index is -0.358. The van der Waals surface area contributed by atoms with Crippen LogP contribution < -0.4 is 0 Å². The maximum atomic E-state index is 13.2. The lowest BCUT2D eigenvalue weighted by molar-refractivity contribution is -0.136. The van der Waals surface area contributed by atoms with Crippen molar-refractivity contribution in [2.45, 2.75) is 13.0 Å². The Morgan fingerprint density at radius 2 is 1.79 bits per heavy atom. The lowest BCUT2D eigenvalue weighted by Crippen LogP contribution is -2.37. The molecule has 0 aromatic heterocycles. The summed E-state index contributed by atoms with van der Waals surface area (Å²) in [6, 6.07) is 13.1. The summed E-state index contributed by atoms with van der Waals surface area (Å²) in [5.74, 6) is -0.673. The summed E-state index contributed by atoms with van der Waals surface area (Å²) in [4.78, 5) is 29.5. The maximum absolute atomic E-state index is 13.2. The number of hydrogen-bond acceptors (Lipinski definition) is 3.